The number of anilines is 1. The maximum absolute atomic E-state index is 11.4. The van der Waals surface area contributed by atoms with Gasteiger partial charge in [-0.2, -0.15) is 8.42 Å². The molecule has 0 atom stereocenters. The molecule has 0 unspecified atom stereocenters. The van der Waals surface area contributed by atoms with Crippen molar-refractivity contribution in [3.05, 3.63) is 11.6 Å². The molecule has 0 bridgehead atoms. The molecule has 0 fully saturated rings. The van der Waals surface area contributed by atoms with Crippen LogP contribution in [0, 0.1) is 0 Å². The minimum absolute atomic E-state index is 0.114. The first kappa shape index (κ1) is 14.2. The number of nitrogens with zero attached hydrogens (tertiary/aromatic N) is 1. The monoisotopic (exact) mass is 294 g/mol. The maximum atomic E-state index is 11.4. The minimum atomic E-state index is -4.07. The Morgan fingerprint density at radius 1 is 1.50 bits per heavy atom. The first-order valence-corrected chi connectivity index (χ1v) is 6.84. The molecule has 100 valence electrons. The lowest BCUT2D eigenvalue weighted by atomic mass is 10.6. The number of aromatic nitrogens is 1. The second-order valence-electron chi connectivity index (χ2n) is 2.80. The van der Waals surface area contributed by atoms with Gasteiger partial charge in [0.1, 0.15) is 6.54 Å². The Labute approximate surface area is 107 Å². The van der Waals surface area contributed by atoms with Crippen LogP contribution in [0.5, 0.6) is 0 Å². The molecule has 0 spiro atoms. The van der Waals surface area contributed by atoms with Crippen molar-refractivity contribution in [2.75, 3.05) is 18.4 Å². The molecule has 0 aliphatic carbocycles. The van der Waals surface area contributed by atoms with E-state index in [9.17, 15) is 18.0 Å². The van der Waals surface area contributed by atoms with Gasteiger partial charge in [-0.1, -0.05) is 0 Å². The van der Waals surface area contributed by atoms with Crippen LogP contribution < -0.4 is 14.8 Å². The Kier molecular flexibility index (Phi) is 4.85. The van der Waals surface area contributed by atoms with Gasteiger partial charge in [0.25, 0.3) is 0 Å². The van der Waals surface area contributed by atoms with Crippen LogP contribution in [0.3, 0.4) is 0 Å². The van der Waals surface area contributed by atoms with Crippen molar-refractivity contribution < 1.29 is 22.7 Å². The van der Waals surface area contributed by atoms with Gasteiger partial charge in [-0.15, -0.1) is 11.3 Å². The molecule has 11 heteroatoms. The maximum Gasteiger partial charge on any atom is 0.330 e. The molecular formula is C7H10N4O5S2. The predicted octanol–water partition coefficient (Wildman–Crippen LogP) is -0.728. The van der Waals surface area contributed by atoms with E-state index in [0.29, 0.717) is 0 Å². The number of nitrogens with one attached hydrogen (secondary N) is 3. The van der Waals surface area contributed by atoms with Crippen LogP contribution in [0.15, 0.2) is 11.6 Å². The van der Waals surface area contributed by atoms with Crippen LogP contribution in [0.4, 0.5) is 9.93 Å². The van der Waals surface area contributed by atoms with E-state index in [1.165, 1.54) is 6.20 Å². The molecule has 1 rings (SSSR count). The number of hydrogen-bond donors (Lipinski definition) is 3. The number of hydrogen-bond acceptors (Lipinski definition) is 7. The van der Waals surface area contributed by atoms with Gasteiger partial charge < -0.3 is 10.1 Å². The number of methoxy groups -OCH3 is 1. The summed E-state index contributed by atoms with van der Waals surface area (Å²) >= 11 is 1.05. The molecule has 0 saturated carbocycles. The Morgan fingerprint density at radius 3 is 2.78 bits per heavy atom. The zero-order chi connectivity index (χ0) is 13.6. The van der Waals surface area contributed by atoms with E-state index in [0.717, 1.165) is 18.4 Å². The molecule has 0 saturated heterocycles. The highest BCUT2D eigenvalue weighted by atomic mass is 32.2. The molecule has 18 heavy (non-hydrogen) atoms. The summed E-state index contributed by atoms with van der Waals surface area (Å²) in [6.07, 6.45) is 1.40. The summed E-state index contributed by atoms with van der Waals surface area (Å²) in [5.41, 5.74) is 0. The van der Waals surface area contributed by atoms with Gasteiger partial charge in [-0.25, -0.2) is 19.2 Å². The van der Waals surface area contributed by atoms with Gasteiger partial charge in [0.15, 0.2) is 5.13 Å². The SMILES string of the molecule is COC(=O)CNC(=O)NS(=O)(=O)Nc1nccs1. The molecule has 0 aromatic carbocycles. The molecule has 1 heterocycles. The molecule has 1 aromatic heterocycles. The largest absolute Gasteiger partial charge is 0.468 e. The van der Waals surface area contributed by atoms with Gasteiger partial charge in [0.05, 0.1) is 7.11 Å². The summed E-state index contributed by atoms with van der Waals surface area (Å²) in [5.74, 6) is -0.699. The number of esters is 1. The molecule has 0 aliphatic rings. The number of carbonyl (C=O) groups is 2. The lowest BCUT2D eigenvalue weighted by Crippen LogP contribution is -2.44. The van der Waals surface area contributed by atoms with Crippen LogP contribution in [0.2, 0.25) is 0 Å². The number of ether oxygens (including phenoxy) is 1. The first-order valence-electron chi connectivity index (χ1n) is 4.47. The zero-order valence-electron chi connectivity index (χ0n) is 9.17. The van der Waals surface area contributed by atoms with E-state index >= 15 is 0 Å². The lowest BCUT2D eigenvalue weighted by molar-refractivity contribution is -0.139. The summed E-state index contributed by atoms with van der Waals surface area (Å²) in [6, 6.07) is -1.05. The normalized spacial score (nSPS) is 10.5. The van der Waals surface area contributed by atoms with Crippen molar-refractivity contribution in [2.24, 2.45) is 0 Å². The van der Waals surface area contributed by atoms with Gasteiger partial charge in [0, 0.05) is 11.6 Å². The summed E-state index contributed by atoms with van der Waals surface area (Å²) < 4.78 is 30.7. The fourth-order valence-corrected chi connectivity index (χ4v) is 2.34. The molecule has 9 nitrogen and oxygen atoms in total. The highest BCUT2D eigenvalue weighted by Crippen LogP contribution is 2.11. The minimum Gasteiger partial charge on any atom is -0.468 e. The summed E-state index contributed by atoms with van der Waals surface area (Å²) in [5, 5.41) is 3.69. The fraction of sp³-hybridized carbons (Fsp3) is 0.286. The molecule has 0 radical (unpaired) electrons. The Hall–Kier alpha value is -1.88. The molecule has 2 amide bonds. The van der Waals surface area contributed by atoms with E-state index in [-0.39, 0.29) is 5.13 Å². The third kappa shape index (κ3) is 4.97. The van der Waals surface area contributed by atoms with Crippen molar-refractivity contribution in [1.29, 1.82) is 0 Å². The predicted molar refractivity (Wildman–Crippen MR) is 63.2 cm³/mol. The quantitative estimate of drug-likeness (QED) is 0.615. The second-order valence-corrected chi connectivity index (χ2v) is 5.11. The number of amides is 2. The average Bonchev–Trinajstić information content (AvgIpc) is 2.76. The highest BCUT2D eigenvalue weighted by Gasteiger charge is 2.15. The Balaban J connectivity index is 2.45. The standard InChI is InChI=1S/C7H10N4O5S2/c1-16-5(12)4-9-6(13)10-18(14,15)11-7-8-2-3-17-7/h2-3H,4H2,1H3,(H,8,11)(H2,9,10,13). The Bertz CT molecular complexity index is 512. The van der Waals surface area contributed by atoms with Crippen LogP contribution in [-0.4, -0.2) is 39.1 Å². The van der Waals surface area contributed by atoms with E-state index in [4.69, 9.17) is 0 Å². The van der Waals surface area contributed by atoms with Crippen LogP contribution in [-0.2, 0) is 19.7 Å². The van der Waals surface area contributed by atoms with E-state index < -0.39 is 28.8 Å². The summed E-state index contributed by atoms with van der Waals surface area (Å²) in [6.45, 7) is -0.435. The molecule has 3 N–H and O–H groups in total. The smallest absolute Gasteiger partial charge is 0.330 e. The number of rotatable bonds is 5. The molecule has 0 aliphatic heterocycles. The third-order valence-corrected chi connectivity index (χ3v) is 3.24. The van der Waals surface area contributed by atoms with Crippen molar-refractivity contribution in [1.82, 2.24) is 15.0 Å². The van der Waals surface area contributed by atoms with Crippen molar-refractivity contribution in [3.63, 3.8) is 0 Å². The van der Waals surface area contributed by atoms with E-state index in [1.54, 1.807) is 10.1 Å². The fourth-order valence-electron chi connectivity index (χ4n) is 0.797. The number of urea groups is 1. The summed E-state index contributed by atoms with van der Waals surface area (Å²) in [4.78, 5) is 25.5. The van der Waals surface area contributed by atoms with Crippen LogP contribution in [0.25, 0.3) is 0 Å². The number of thiazole rings is 1. The highest BCUT2D eigenvalue weighted by molar-refractivity contribution is 7.91. The zero-order valence-corrected chi connectivity index (χ0v) is 10.8. The second kappa shape index (κ2) is 6.16. The van der Waals surface area contributed by atoms with Crippen LogP contribution in [0.1, 0.15) is 0 Å². The van der Waals surface area contributed by atoms with Crippen molar-refractivity contribution >= 4 is 38.7 Å². The van der Waals surface area contributed by atoms with E-state index in [2.05, 4.69) is 9.72 Å². The average molecular weight is 294 g/mol. The van der Waals surface area contributed by atoms with Gasteiger partial charge in [-0.3, -0.25) is 4.79 Å². The van der Waals surface area contributed by atoms with Gasteiger partial charge in [-0.05, 0) is 0 Å². The van der Waals surface area contributed by atoms with E-state index in [1.807, 2.05) is 10.0 Å². The summed E-state index contributed by atoms with van der Waals surface area (Å²) in [7, 11) is -2.93. The Morgan fingerprint density at radius 2 is 2.22 bits per heavy atom. The first-order chi connectivity index (χ1) is 8.43. The lowest BCUT2D eigenvalue weighted by Gasteiger charge is -2.07. The number of carbonyl (C=O) groups excluding carboxylic acids is 2. The molecule has 1 aromatic rings. The third-order valence-electron chi connectivity index (χ3n) is 1.50. The van der Waals surface area contributed by atoms with Gasteiger partial charge in [0.2, 0.25) is 0 Å². The van der Waals surface area contributed by atoms with Crippen molar-refractivity contribution in [3.8, 4) is 0 Å². The topological polar surface area (TPSA) is 126 Å². The van der Waals surface area contributed by atoms with Gasteiger partial charge >= 0.3 is 22.2 Å². The van der Waals surface area contributed by atoms with Crippen molar-refractivity contribution in [2.45, 2.75) is 0 Å². The molecular weight excluding hydrogens is 284 g/mol. The van der Waals surface area contributed by atoms with Crippen LogP contribution >= 0.6 is 11.3 Å².